The van der Waals surface area contributed by atoms with Crippen LogP contribution < -0.4 is 20.5 Å². The average Bonchev–Trinajstić information content (AvgIpc) is 3.19. The number of carbonyl (C=O) groups excluding carboxylic acids is 1. The number of amides is 1. The fraction of sp³-hybridized carbons (Fsp3) is 0.174. The molecule has 1 unspecified atom stereocenters. The maximum atomic E-state index is 14.7. The number of nitrogens with one attached hydrogen (secondary N) is 2. The first-order valence-electron chi connectivity index (χ1n) is 10.2. The largest absolute Gasteiger partial charge is 0.573 e. The van der Waals surface area contributed by atoms with Gasteiger partial charge in [-0.05, 0) is 48.0 Å². The molecule has 1 aliphatic rings. The zero-order chi connectivity index (χ0) is 24.8. The molecule has 180 valence electrons. The maximum Gasteiger partial charge on any atom is 0.573 e. The normalized spacial score (nSPS) is 17.5. The third kappa shape index (κ3) is 4.18. The van der Waals surface area contributed by atoms with E-state index in [9.17, 15) is 27.2 Å². The molecule has 2 N–H and O–H groups in total. The number of aromatic amines is 1. The van der Waals surface area contributed by atoms with Crippen LogP contribution >= 0.6 is 0 Å². The fourth-order valence-corrected chi connectivity index (χ4v) is 4.07. The van der Waals surface area contributed by atoms with Crippen LogP contribution in [0.4, 0.5) is 17.6 Å². The predicted octanol–water partition coefficient (Wildman–Crippen LogP) is 4.01. The van der Waals surface area contributed by atoms with Crippen LogP contribution in [-0.4, -0.2) is 28.8 Å². The number of alkyl halides is 3. The molecule has 4 aromatic rings. The highest BCUT2D eigenvalue weighted by Crippen LogP contribution is 2.42. The topological polar surface area (TPSA) is 106 Å². The lowest BCUT2D eigenvalue weighted by Gasteiger charge is -2.39. The number of rotatable bonds is 4. The van der Waals surface area contributed by atoms with Crippen LogP contribution in [0.5, 0.6) is 11.5 Å². The number of halogens is 4. The van der Waals surface area contributed by atoms with Crippen molar-refractivity contribution >= 4 is 17.0 Å². The summed E-state index contributed by atoms with van der Waals surface area (Å²) in [6.45, 7) is 0.107. The average molecular weight is 489 g/mol. The quantitative estimate of drug-likeness (QED) is 0.420. The van der Waals surface area contributed by atoms with E-state index in [1.807, 2.05) is 0 Å². The van der Waals surface area contributed by atoms with Gasteiger partial charge in [0.15, 0.2) is 17.1 Å². The van der Waals surface area contributed by atoms with E-state index in [2.05, 4.69) is 20.0 Å². The number of fused-ring (bicyclic) bond motifs is 2. The van der Waals surface area contributed by atoms with Crippen LogP contribution in [0.3, 0.4) is 0 Å². The van der Waals surface area contributed by atoms with Crippen molar-refractivity contribution in [2.75, 3.05) is 6.61 Å². The molecule has 1 amide bonds. The summed E-state index contributed by atoms with van der Waals surface area (Å²) in [4.78, 5) is 31.5. The van der Waals surface area contributed by atoms with Crippen molar-refractivity contribution in [1.82, 2.24) is 15.3 Å². The Hall–Kier alpha value is -4.35. The Morgan fingerprint density at radius 3 is 2.77 bits per heavy atom. The first kappa shape index (κ1) is 22.4. The molecule has 2 aromatic carbocycles. The molecule has 8 nitrogen and oxygen atoms in total. The summed E-state index contributed by atoms with van der Waals surface area (Å²) in [6.07, 6.45) is -3.52. The van der Waals surface area contributed by atoms with E-state index in [-0.39, 0.29) is 35.4 Å². The Morgan fingerprint density at radius 1 is 1.17 bits per heavy atom. The first-order chi connectivity index (χ1) is 16.6. The van der Waals surface area contributed by atoms with E-state index in [1.165, 1.54) is 30.5 Å². The van der Waals surface area contributed by atoms with Crippen molar-refractivity contribution < 1.29 is 36.2 Å². The molecule has 3 heterocycles. The molecule has 0 radical (unpaired) electrons. The van der Waals surface area contributed by atoms with E-state index < -0.39 is 35.1 Å². The summed E-state index contributed by atoms with van der Waals surface area (Å²) in [5, 5.41) is 2.85. The van der Waals surface area contributed by atoms with E-state index in [1.54, 1.807) is 12.1 Å². The van der Waals surface area contributed by atoms with E-state index in [4.69, 9.17) is 9.15 Å². The Bertz CT molecular complexity index is 1500. The second kappa shape index (κ2) is 8.15. The molecule has 5 rings (SSSR count). The molecule has 0 fully saturated rings. The number of ether oxygens (including phenoxy) is 2. The zero-order valence-corrected chi connectivity index (χ0v) is 17.6. The van der Waals surface area contributed by atoms with Gasteiger partial charge in [0.2, 0.25) is 0 Å². The number of hydrogen-bond donors (Lipinski definition) is 2. The number of H-pyrrole nitrogens is 1. The van der Waals surface area contributed by atoms with Gasteiger partial charge in [0, 0.05) is 18.2 Å². The van der Waals surface area contributed by atoms with Crippen LogP contribution in [0.2, 0.25) is 0 Å². The molecule has 35 heavy (non-hydrogen) atoms. The smallest absolute Gasteiger partial charge is 0.491 e. The Kier molecular flexibility index (Phi) is 5.23. The van der Waals surface area contributed by atoms with Gasteiger partial charge in [-0.15, -0.1) is 13.2 Å². The summed E-state index contributed by atoms with van der Waals surface area (Å²) in [7, 11) is 0. The number of pyridine rings is 1. The molecule has 0 bridgehead atoms. The molecule has 12 heteroatoms. The SMILES string of the molecule is O=C(NC1(c2ccc(OC(F)(F)F)c(F)c2)CCOc2cccnc21)c1ccc2oc(=O)[nH]c2c1. The molecule has 0 spiro atoms. The number of hydrogen-bond acceptors (Lipinski definition) is 6. The Balaban J connectivity index is 1.60. The maximum absolute atomic E-state index is 14.7. The third-order valence-electron chi connectivity index (χ3n) is 5.57. The third-order valence-corrected chi connectivity index (χ3v) is 5.57. The molecule has 0 saturated carbocycles. The van der Waals surface area contributed by atoms with Crippen LogP contribution in [0.15, 0.2) is 63.9 Å². The molecular weight excluding hydrogens is 474 g/mol. The first-order valence-corrected chi connectivity index (χ1v) is 10.2. The van der Waals surface area contributed by atoms with Gasteiger partial charge in [0.05, 0.1) is 12.1 Å². The van der Waals surface area contributed by atoms with Crippen molar-refractivity contribution in [3.63, 3.8) is 0 Å². The second-order valence-electron chi connectivity index (χ2n) is 7.73. The molecule has 2 aromatic heterocycles. The van der Waals surface area contributed by atoms with Crippen molar-refractivity contribution in [3.05, 3.63) is 87.9 Å². The lowest BCUT2D eigenvalue weighted by atomic mass is 9.81. The Labute approximate surface area is 193 Å². The van der Waals surface area contributed by atoms with Crippen LogP contribution in [-0.2, 0) is 5.54 Å². The minimum absolute atomic E-state index is 0.104. The van der Waals surface area contributed by atoms with Gasteiger partial charge in [-0.2, -0.15) is 0 Å². The summed E-state index contributed by atoms with van der Waals surface area (Å²) < 4.78 is 66.9. The second-order valence-corrected chi connectivity index (χ2v) is 7.73. The molecule has 1 atom stereocenters. The number of aromatic nitrogens is 2. The summed E-state index contributed by atoms with van der Waals surface area (Å²) >= 11 is 0. The fourth-order valence-electron chi connectivity index (χ4n) is 4.07. The molecule has 1 aliphatic heterocycles. The predicted molar refractivity (Wildman–Crippen MR) is 113 cm³/mol. The lowest BCUT2D eigenvalue weighted by molar-refractivity contribution is -0.275. The molecular formula is C23H15F4N3O5. The molecule has 0 saturated heterocycles. The monoisotopic (exact) mass is 489 g/mol. The van der Waals surface area contributed by atoms with E-state index >= 15 is 0 Å². The Morgan fingerprint density at radius 2 is 2.00 bits per heavy atom. The van der Waals surface area contributed by atoms with Crippen molar-refractivity contribution in [2.24, 2.45) is 0 Å². The highest BCUT2D eigenvalue weighted by molar-refractivity contribution is 5.97. The number of benzene rings is 2. The van der Waals surface area contributed by atoms with Crippen LogP contribution in [0.25, 0.3) is 11.1 Å². The van der Waals surface area contributed by atoms with Gasteiger partial charge < -0.3 is 19.2 Å². The van der Waals surface area contributed by atoms with Crippen LogP contribution in [0, 0.1) is 5.82 Å². The number of oxazole rings is 1. The van der Waals surface area contributed by atoms with E-state index in [0.717, 1.165) is 12.1 Å². The van der Waals surface area contributed by atoms with Crippen LogP contribution in [0.1, 0.15) is 28.0 Å². The van der Waals surface area contributed by atoms with Gasteiger partial charge in [-0.1, -0.05) is 6.07 Å². The minimum Gasteiger partial charge on any atom is -0.491 e. The van der Waals surface area contributed by atoms with Gasteiger partial charge in [0.25, 0.3) is 5.91 Å². The lowest BCUT2D eigenvalue weighted by Crippen LogP contribution is -2.50. The number of nitrogens with zero attached hydrogens (tertiary/aromatic N) is 1. The van der Waals surface area contributed by atoms with Crippen molar-refractivity contribution in [3.8, 4) is 11.5 Å². The highest BCUT2D eigenvalue weighted by atomic mass is 19.4. The zero-order valence-electron chi connectivity index (χ0n) is 17.6. The van der Waals surface area contributed by atoms with E-state index in [0.29, 0.717) is 11.3 Å². The molecule has 0 aliphatic carbocycles. The van der Waals surface area contributed by atoms with Crippen molar-refractivity contribution in [2.45, 2.75) is 18.3 Å². The van der Waals surface area contributed by atoms with Gasteiger partial charge in [-0.25, -0.2) is 9.18 Å². The summed E-state index contributed by atoms with van der Waals surface area (Å²) in [6, 6.07) is 10.4. The standard InChI is InChI=1S/C23H15F4N3O5/c24-14-11-13(4-6-16(14)35-23(25,26)27)22(7-9-33-18-2-1-8-28-19(18)22)30-20(31)12-3-5-17-15(10-12)29-21(32)34-17/h1-6,8,10-11H,7,9H2,(H,29,32)(H,30,31). The van der Waals surface area contributed by atoms with Crippen molar-refractivity contribution in [1.29, 1.82) is 0 Å². The minimum atomic E-state index is -5.08. The highest BCUT2D eigenvalue weighted by Gasteiger charge is 2.43. The summed E-state index contributed by atoms with van der Waals surface area (Å²) in [5.74, 6) is -3.25. The van der Waals surface area contributed by atoms with Gasteiger partial charge in [-0.3, -0.25) is 14.8 Å². The number of carbonyl (C=O) groups is 1. The van der Waals surface area contributed by atoms with Gasteiger partial charge in [0.1, 0.15) is 17.0 Å². The van der Waals surface area contributed by atoms with Gasteiger partial charge >= 0.3 is 12.1 Å². The summed E-state index contributed by atoms with van der Waals surface area (Å²) in [5.41, 5.74) is -0.360.